The molecule has 2 heteroatoms. The van der Waals surface area contributed by atoms with Crippen molar-refractivity contribution in [3.63, 3.8) is 0 Å². The quantitative estimate of drug-likeness (QED) is 0.699. The standard InChI is InChI=1S/C19H33NO/c1-5-9-16(12-13-21)15-20-18(14-19(2,3)4)17-10-7-6-8-11-17/h6-8,10-11,16,18,20-21H,5,9,12-15H2,1-4H3. The molecule has 2 N–H and O–H groups in total. The SMILES string of the molecule is CCCC(CCO)CNC(CC(C)(C)C)c1ccccc1. The fourth-order valence-electron chi connectivity index (χ4n) is 2.85. The van der Waals surface area contributed by atoms with Crippen LogP contribution in [-0.4, -0.2) is 18.3 Å². The average Bonchev–Trinajstić information content (AvgIpc) is 2.43. The molecule has 0 spiro atoms. The molecule has 21 heavy (non-hydrogen) atoms. The zero-order valence-electron chi connectivity index (χ0n) is 14.2. The summed E-state index contributed by atoms with van der Waals surface area (Å²) in [5.41, 5.74) is 1.66. The van der Waals surface area contributed by atoms with Crippen molar-refractivity contribution in [2.75, 3.05) is 13.2 Å². The number of aliphatic hydroxyl groups is 1. The van der Waals surface area contributed by atoms with Crippen molar-refractivity contribution >= 4 is 0 Å². The monoisotopic (exact) mass is 291 g/mol. The molecular formula is C19H33NO. The van der Waals surface area contributed by atoms with Crippen LogP contribution in [0.4, 0.5) is 0 Å². The van der Waals surface area contributed by atoms with Gasteiger partial charge >= 0.3 is 0 Å². The summed E-state index contributed by atoms with van der Waals surface area (Å²) in [7, 11) is 0. The maximum atomic E-state index is 9.20. The minimum atomic E-state index is 0.293. The molecule has 0 amide bonds. The molecule has 2 atom stereocenters. The molecule has 2 nitrogen and oxygen atoms in total. The average molecular weight is 291 g/mol. The molecule has 0 fully saturated rings. The lowest BCUT2D eigenvalue weighted by Crippen LogP contribution is -2.30. The predicted molar refractivity (Wildman–Crippen MR) is 91.4 cm³/mol. The molecule has 0 aliphatic heterocycles. The summed E-state index contributed by atoms with van der Waals surface area (Å²) in [6, 6.07) is 11.1. The van der Waals surface area contributed by atoms with Gasteiger partial charge in [-0.2, -0.15) is 0 Å². The van der Waals surface area contributed by atoms with E-state index in [4.69, 9.17) is 0 Å². The molecule has 1 aromatic rings. The number of hydrogen-bond donors (Lipinski definition) is 2. The van der Waals surface area contributed by atoms with Crippen molar-refractivity contribution in [3.8, 4) is 0 Å². The lowest BCUT2D eigenvalue weighted by Gasteiger charge is -2.29. The van der Waals surface area contributed by atoms with E-state index in [0.717, 1.165) is 19.4 Å². The van der Waals surface area contributed by atoms with Gasteiger partial charge in [0.25, 0.3) is 0 Å². The summed E-state index contributed by atoms with van der Waals surface area (Å²) in [5, 5.41) is 13.0. The van der Waals surface area contributed by atoms with Crippen LogP contribution in [0.15, 0.2) is 30.3 Å². The van der Waals surface area contributed by atoms with E-state index < -0.39 is 0 Å². The second kappa shape index (κ2) is 9.22. The van der Waals surface area contributed by atoms with Crippen LogP contribution in [0.3, 0.4) is 0 Å². The van der Waals surface area contributed by atoms with Gasteiger partial charge in [0, 0.05) is 12.6 Å². The molecule has 2 unspecified atom stereocenters. The van der Waals surface area contributed by atoms with E-state index in [0.29, 0.717) is 24.0 Å². The predicted octanol–water partition coefficient (Wildman–Crippen LogP) is 4.55. The minimum Gasteiger partial charge on any atom is -0.396 e. The Hall–Kier alpha value is -0.860. The number of benzene rings is 1. The Labute approximate surface area is 131 Å². The molecule has 0 aliphatic rings. The van der Waals surface area contributed by atoms with E-state index in [9.17, 15) is 5.11 Å². The molecule has 0 saturated carbocycles. The second-order valence-electron chi connectivity index (χ2n) is 7.30. The maximum absolute atomic E-state index is 9.20. The van der Waals surface area contributed by atoms with Crippen molar-refractivity contribution in [2.24, 2.45) is 11.3 Å². The number of aliphatic hydroxyl groups excluding tert-OH is 1. The summed E-state index contributed by atoms with van der Waals surface area (Å²) in [6.07, 6.45) is 4.39. The van der Waals surface area contributed by atoms with E-state index in [1.807, 2.05) is 0 Å². The normalized spacial score (nSPS) is 14.9. The third kappa shape index (κ3) is 7.63. The third-order valence-electron chi connectivity index (χ3n) is 3.91. The van der Waals surface area contributed by atoms with E-state index in [1.165, 1.54) is 18.4 Å². The van der Waals surface area contributed by atoms with Crippen molar-refractivity contribution in [2.45, 2.75) is 59.4 Å². The second-order valence-corrected chi connectivity index (χ2v) is 7.30. The van der Waals surface area contributed by atoms with Gasteiger partial charge < -0.3 is 10.4 Å². The Morgan fingerprint density at radius 3 is 2.29 bits per heavy atom. The van der Waals surface area contributed by atoms with Gasteiger partial charge in [0.1, 0.15) is 0 Å². The van der Waals surface area contributed by atoms with Gasteiger partial charge in [0.2, 0.25) is 0 Å². The fourth-order valence-corrected chi connectivity index (χ4v) is 2.85. The Morgan fingerprint density at radius 2 is 1.76 bits per heavy atom. The first-order valence-corrected chi connectivity index (χ1v) is 8.35. The van der Waals surface area contributed by atoms with Crippen LogP contribution < -0.4 is 5.32 Å². The first kappa shape index (κ1) is 18.2. The molecular weight excluding hydrogens is 258 g/mol. The van der Waals surface area contributed by atoms with E-state index in [1.54, 1.807) is 0 Å². The smallest absolute Gasteiger partial charge is 0.0434 e. The van der Waals surface area contributed by atoms with Crippen molar-refractivity contribution in [3.05, 3.63) is 35.9 Å². The lowest BCUT2D eigenvalue weighted by molar-refractivity contribution is 0.237. The minimum absolute atomic E-state index is 0.293. The van der Waals surface area contributed by atoms with Gasteiger partial charge in [-0.15, -0.1) is 0 Å². The molecule has 0 bridgehead atoms. The van der Waals surface area contributed by atoms with Crippen LogP contribution >= 0.6 is 0 Å². The summed E-state index contributed by atoms with van der Waals surface area (Å²) < 4.78 is 0. The molecule has 0 aromatic heterocycles. The highest BCUT2D eigenvalue weighted by atomic mass is 16.3. The topological polar surface area (TPSA) is 32.3 Å². The van der Waals surface area contributed by atoms with Crippen LogP contribution in [0.2, 0.25) is 0 Å². The highest BCUT2D eigenvalue weighted by molar-refractivity contribution is 5.19. The number of rotatable bonds is 9. The summed E-state index contributed by atoms with van der Waals surface area (Å²) in [6.45, 7) is 10.4. The molecule has 1 aromatic carbocycles. The van der Waals surface area contributed by atoms with Crippen molar-refractivity contribution in [1.29, 1.82) is 0 Å². The molecule has 120 valence electrons. The summed E-state index contributed by atoms with van der Waals surface area (Å²) >= 11 is 0. The van der Waals surface area contributed by atoms with Crippen LogP contribution in [0.5, 0.6) is 0 Å². The Kier molecular flexibility index (Phi) is 7.98. The van der Waals surface area contributed by atoms with Crippen molar-refractivity contribution in [1.82, 2.24) is 5.32 Å². The van der Waals surface area contributed by atoms with Crippen molar-refractivity contribution < 1.29 is 5.11 Å². The van der Waals surface area contributed by atoms with Gasteiger partial charge in [-0.05, 0) is 42.7 Å². The summed E-state index contributed by atoms with van der Waals surface area (Å²) in [5.74, 6) is 0.575. The zero-order chi connectivity index (χ0) is 15.7. The Bertz CT molecular complexity index is 363. The molecule has 0 aliphatic carbocycles. The molecule has 0 radical (unpaired) electrons. The van der Waals surface area contributed by atoms with Gasteiger partial charge in [0.15, 0.2) is 0 Å². The Morgan fingerprint density at radius 1 is 1.10 bits per heavy atom. The first-order chi connectivity index (χ1) is 9.96. The first-order valence-electron chi connectivity index (χ1n) is 8.35. The zero-order valence-corrected chi connectivity index (χ0v) is 14.2. The highest BCUT2D eigenvalue weighted by Gasteiger charge is 2.20. The molecule has 1 rings (SSSR count). The largest absolute Gasteiger partial charge is 0.396 e. The number of nitrogens with one attached hydrogen (secondary N) is 1. The van der Waals surface area contributed by atoms with E-state index in [-0.39, 0.29) is 0 Å². The van der Waals surface area contributed by atoms with Gasteiger partial charge in [-0.3, -0.25) is 0 Å². The van der Waals surface area contributed by atoms with Crippen LogP contribution in [0.25, 0.3) is 0 Å². The highest BCUT2D eigenvalue weighted by Crippen LogP contribution is 2.29. The number of hydrogen-bond acceptors (Lipinski definition) is 2. The lowest BCUT2D eigenvalue weighted by atomic mass is 9.85. The van der Waals surface area contributed by atoms with Gasteiger partial charge in [-0.1, -0.05) is 64.4 Å². The van der Waals surface area contributed by atoms with Crippen LogP contribution in [0.1, 0.15) is 65.0 Å². The molecule has 0 saturated heterocycles. The summed E-state index contributed by atoms with van der Waals surface area (Å²) in [4.78, 5) is 0. The Balaban J connectivity index is 2.69. The fraction of sp³-hybridized carbons (Fsp3) is 0.684. The van der Waals surface area contributed by atoms with E-state index in [2.05, 4.69) is 63.3 Å². The van der Waals surface area contributed by atoms with Crippen LogP contribution in [-0.2, 0) is 0 Å². The van der Waals surface area contributed by atoms with E-state index >= 15 is 0 Å². The third-order valence-corrected chi connectivity index (χ3v) is 3.91. The van der Waals surface area contributed by atoms with Gasteiger partial charge in [0.05, 0.1) is 0 Å². The van der Waals surface area contributed by atoms with Crippen LogP contribution in [0, 0.1) is 11.3 Å². The van der Waals surface area contributed by atoms with Gasteiger partial charge in [-0.25, -0.2) is 0 Å². The maximum Gasteiger partial charge on any atom is 0.0434 e. The molecule has 0 heterocycles.